The number of hydrogen-bond acceptors (Lipinski definition) is 4. The summed E-state index contributed by atoms with van der Waals surface area (Å²) in [5.74, 6) is -0.630. The Morgan fingerprint density at radius 2 is 1.87 bits per heavy atom. The molecule has 122 valence electrons. The van der Waals surface area contributed by atoms with Gasteiger partial charge in [-0.2, -0.15) is 0 Å². The molecule has 2 aromatic rings. The quantitative estimate of drug-likeness (QED) is 0.840. The van der Waals surface area contributed by atoms with Crippen LogP contribution >= 0.6 is 11.3 Å². The maximum atomic E-state index is 12.4. The van der Waals surface area contributed by atoms with Gasteiger partial charge in [0.2, 0.25) is 0 Å². The van der Waals surface area contributed by atoms with Crippen molar-refractivity contribution in [2.75, 3.05) is 5.32 Å². The molecular formula is C18H21NO3S. The molecule has 0 saturated carbocycles. The van der Waals surface area contributed by atoms with E-state index < -0.39 is 5.97 Å². The molecule has 23 heavy (non-hydrogen) atoms. The van der Waals surface area contributed by atoms with Crippen LogP contribution in [0, 0.1) is 20.8 Å². The van der Waals surface area contributed by atoms with Gasteiger partial charge >= 0.3 is 5.97 Å². The number of carbonyl (C=O) groups is 2. The Hall–Kier alpha value is -2.14. The average molecular weight is 331 g/mol. The largest absolute Gasteiger partial charge is 0.459 e. The highest BCUT2D eigenvalue weighted by molar-refractivity contribution is 7.16. The Morgan fingerprint density at radius 3 is 2.48 bits per heavy atom. The molecule has 0 unspecified atom stereocenters. The molecule has 1 aromatic carbocycles. The van der Waals surface area contributed by atoms with Gasteiger partial charge < -0.3 is 10.1 Å². The average Bonchev–Trinajstić information content (AvgIpc) is 2.73. The monoisotopic (exact) mass is 331 g/mol. The van der Waals surface area contributed by atoms with E-state index in [0.717, 1.165) is 16.0 Å². The Kier molecular flexibility index (Phi) is 5.21. The summed E-state index contributed by atoms with van der Waals surface area (Å²) in [4.78, 5) is 25.7. The van der Waals surface area contributed by atoms with Gasteiger partial charge in [0.25, 0.3) is 5.91 Å². The number of benzene rings is 1. The highest BCUT2D eigenvalue weighted by Gasteiger charge is 2.23. The standard InChI is InChI=1S/C18H21NO3S/c1-10(2)22-18(21)15-12(4)13(5)23-17(15)19-16(20)14-8-6-7-11(3)9-14/h6-10H,1-5H3,(H,19,20). The molecule has 0 fully saturated rings. The zero-order chi connectivity index (χ0) is 17.1. The van der Waals surface area contributed by atoms with Gasteiger partial charge in [0.05, 0.1) is 11.7 Å². The van der Waals surface area contributed by atoms with Gasteiger partial charge in [-0.05, 0) is 52.3 Å². The molecule has 0 saturated heterocycles. The van der Waals surface area contributed by atoms with E-state index >= 15 is 0 Å². The minimum atomic E-state index is -0.401. The number of hydrogen-bond donors (Lipinski definition) is 1. The smallest absolute Gasteiger partial charge is 0.341 e. The van der Waals surface area contributed by atoms with Gasteiger partial charge in [-0.25, -0.2) is 4.79 Å². The molecule has 0 aliphatic heterocycles. The summed E-state index contributed by atoms with van der Waals surface area (Å²) in [5, 5.41) is 3.39. The molecule has 0 aliphatic rings. The van der Waals surface area contributed by atoms with Crippen LogP contribution in [0.1, 0.15) is 50.6 Å². The van der Waals surface area contributed by atoms with Gasteiger partial charge in [0.15, 0.2) is 0 Å². The summed E-state index contributed by atoms with van der Waals surface area (Å²) < 4.78 is 5.29. The number of anilines is 1. The number of thiophene rings is 1. The minimum absolute atomic E-state index is 0.206. The number of carbonyl (C=O) groups excluding carboxylic acids is 2. The molecule has 4 nitrogen and oxygen atoms in total. The Balaban J connectivity index is 2.31. The second-order valence-corrected chi connectivity index (χ2v) is 6.99. The van der Waals surface area contributed by atoms with E-state index in [0.29, 0.717) is 16.1 Å². The lowest BCUT2D eigenvalue weighted by molar-refractivity contribution is 0.0379. The zero-order valence-corrected chi connectivity index (χ0v) is 14.8. The molecule has 2 rings (SSSR count). The number of rotatable bonds is 4. The van der Waals surface area contributed by atoms with E-state index in [-0.39, 0.29) is 12.0 Å². The second-order valence-electron chi connectivity index (χ2n) is 5.77. The minimum Gasteiger partial charge on any atom is -0.459 e. The Labute approximate surface area is 140 Å². The van der Waals surface area contributed by atoms with Gasteiger partial charge in [0.1, 0.15) is 5.00 Å². The van der Waals surface area contributed by atoms with Gasteiger partial charge in [-0.1, -0.05) is 17.7 Å². The Morgan fingerprint density at radius 1 is 1.17 bits per heavy atom. The number of amides is 1. The maximum Gasteiger partial charge on any atom is 0.341 e. The molecule has 0 radical (unpaired) electrons. The summed E-state index contributed by atoms with van der Waals surface area (Å²) in [6.07, 6.45) is -0.206. The van der Waals surface area contributed by atoms with Crippen molar-refractivity contribution in [2.45, 2.75) is 40.7 Å². The summed E-state index contributed by atoms with van der Waals surface area (Å²) in [7, 11) is 0. The molecule has 1 heterocycles. The van der Waals surface area contributed by atoms with Crippen LogP contribution in [0.15, 0.2) is 24.3 Å². The van der Waals surface area contributed by atoms with E-state index in [1.165, 1.54) is 11.3 Å². The second kappa shape index (κ2) is 6.96. The third-order valence-corrected chi connectivity index (χ3v) is 4.56. The summed E-state index contributed by atoms with van der Waals surface area (Å²) in [6, 6.07) is 7.33. The number of ether oxygens (including phenoxy) is 1. The predicted octanol–water partition coefficient (Wildman–Crippen LogP) is 4.49. The van der Waals surface area contributed by atoms with Crippen LogP contribution in [0.4, 0.5) is 5.00 Å². The van der Waals surface area contributed by atoms with Crippen LogP contribution in [-0.2, 0) is 4.74 Å². The lowest BCUT2D eigenvalue weighted by atomic mass is 10.1. The van der Waals surface area contributed by atoms with Gasteiger partial charge in [-0.3, -0.25) is 4.79 Å². The first-order valence-electron chi connectivity index (χ1n) is 7.48. The van der Waals surface area contributed by atoms with Crippen molar-refractivity contribution in [3.8, 4) is 0 Å². The topological polar surface area (TPSA) is 55.4 Å². The molecule has 0 atom stereocenters. The van der Waals surface area contributed by atoms with Gasteiger partial charge in [0, 0.05) is 10.4 Å². The van der Waals surface area contributed by atoms with Crippen molar-refractivity contribution in [3.63, 3.8) is 0 Å². The van der Waals surface area contributed by atoms with Crippen LogP contribution in [0.25, 0.3) is 0 Å². The first kappa shape index (κ1) is 17.2. The fraction of sp³-hybridized carbons (Fsp3) is 0.333. The van der Waals surface area contributed by atoms with Gasteiger partial charge in [-0.15, -0.1) is 11.3 Å². The third-order valence-electron chi connectivity index (χ3n) is 3.44. The normalized spacial score (nSPS) is 10.7. The van der Waals surface area contributed by atoms with Crippen molar-refractivity contribution < 1.29 is 14.3 Å². The van der Waals surface area contributed by atoms with Crippen molar-refractivity contribution in [1.82, 2.24) is 0 Å². The predicted molar refractivity (Wildman–Crippen MR) is 93.5 cm³/mol. The zero-order valence-electron chi connectivity index (χ0n) is 14.0. The first-order valence-corrected chi connectivity index (χ1v) is 8.30. The Bertz CT molecular complexity index is 747. The lowest BCUT2D eigenvalue weighted by Gasteiger charge is -2.10. The van der Waals surface area contributed by atoms with Crippen LogP contribution < -0.4 is 5.32 Å². The first-order chi connectivity index (χ1) is 10.8. The summed E-state index contributed by atoms with van der Waals surface area (Å²) in [5.41, 5.74) is 2.87. The molecule has 0 spiro atoms. The maximum absolute atomic E-state index is 12.4. The van der Waals surface area contributed by atoms with Crippen LogP contribution in [-0.4, -0.2) is 18.0 Å². The number of esters is 1. The summed E-state index contributed by atoms with van der Waals surface area (Å²) in [6.45, 7) is 9.33. The molecule has 1 amide bonds. The van der Waals surface area contributed by atoms with Crippen molar-refractivity contribution in [3.05, 3.63) is 51.4 Å². The van der Waals surface area contributed by atoms with E-state index in [1.807, 2.05) is 39.0 Å². The molecule has 1 aromatic heterocycles. The van der Waals surface area contributed by atoms with Crippen molar-refractivity contribution in [1.29, 1.82) is 0 Å². The fourth-order valence-electron chi connectivity index (χ4n) is 2.20. The van der Waals surface area contributed by atoms with Crippen LogP contribution in [0.2, 0.25) is 0 Å². The van der Waals surface area contributed by atoms with Crippen molar-refractivity contribution >= 4 is 28.2 Å². The highest BCUT2D eigenvalue weighted by atomic mass is 32.1. The third kappa shape index (κ3) is 3.99. The lowest BCUT2D eigenvalue weighted by Crippen LogP contribution is -2.17. The van der Waals surface area contributed by atoms with E-state index in [2.05, 4.69) is 5.32 Å². The SMILES string of the molecule is Cc1cccc(C(=O)Nc2sc(C)c(C)c2C(=O)OC(C)C)c1. The molecule has 0 bridgehead atoms. The highest BCUT2D eigenvalue weighted by Crippen LogP contribution is 2.33. The molecule has 1 N–H and O–H groups in total. The number of nitrogens with one attached hydrogen (secondary N) is 1. The summed E-state index contributed by atoms with van der Waals surface area (Å²) >= 11 is 1.39. The van der Waals surface area contributed by atoms with Crippen LogP contribution in [0.5, 0.6) is 0 Å². The fourth-order valence-corrected chi connectivity index (χ4v) is 3.24. The van der Waals surface area contributed by atoms with Crippen molar-refractivity contribution in [2.24, 2.45) is 0 Å². The molecular weight excluding hydrogens is 310 g/mol. The molecule has 0 aliphatic carbocycles. The van der Waals surface area contributed by atoms with E-state index in [9.17, 15) is 9.59 Å². The molecule has 5 heteroatoms. The van der Waals surface area contributed by atoms with E-state index in [1.54, 1.807) is 19.9 Å². The number of aryl methyl sites for hydroxylation is 2. The van der Waals surface area contributed by atoms with Crippen LogP contribution in [0.3, 0.4) is 0 Å². The van der Waals surface area contributed by atoms with E-state index in [4.69, 9.17) is 4.74 Å².